The Morgan fingerprint density at radius 3 is 2.29 bits per heavy atom. The predicted octanol–water partition coefficient (Wildman–Crippen LogP) is -1.92. The van der Waals surface area contributed by atoms with Crippen LogP contribution in [-0.4, -0.2) is 6.69 Å². The Labute approximate surface area is 144 Å². The number of hydrogen-bond donors (Lipinski definition) is 0. The van der Waals surface area contributed by atoms with E-state index in [1.807, 2.05) is 0 Å². The second-order valence-electron chi connectivity index (χ2n) is 4.17. The van der Waals surface area contributed by atoms with Crippen LogP contribution in [0, 0.1) is 6.08 Å². The van der Waals surface area contributed by atoms with Crippen molar-refractivity contribution in [3.05, 3.63) is 46.7 Å². The normalized spacial score (nSPS) is 17.2. The second kappa shape index (κ2) is 8.32. The smallest absolute Gasteiger partial charge is 1.00 e. The van der Waals surface area contributed by atoms with E-state index in [0.29, 0.717) is 0 Å². The molecule has 1 radical (unpaired) electrons. The first-order valence-corrected chi connectivity index (χ1v) is 10.2. The minimum atomic E-state index is -1.34. The fourth-order valence-electron chi connectivity index (χ4n) is 1.93. The zero-order valence-corrected chi connectivity index (χ0v) is 16.4. The SMILES string of the molecule is C[Si](C)(Br)C1=C(C2=[C-]CC=C2)CC=C1.[Cl-].[Cl-].[Zr+3]. The average Bonchev–Trinajstić information content (AvgIpc) is 2.73. The van der Waals surface area contributed by atoms with E-state index < -0.39 is 6.69 Å². The molecule has 0 atom stereocenters. The molecule has 0 heterocycles. The summed E-state index contributed by atoms with van der Waals surface area (Å²) in [4.78, 5) is 0. The molecule has 5 heteroatoms. The van der Waals surface area contributed by atoms with Crippen LogP contribution in [0.1, 0.15) is 12.8 Å². The summed E-state index contributed by atoms with van der Waals surface area (Å²) in [5.74, 6) is 0. The van der Waals surface area contributed by atoms with Gasteiger partial charge in [-0.15, -0.1) is 26.9 Å². The predicted molar refractivity (Wildman–Crippen MR) is 67.7 cm³/mol. The van der Waals surface area contributed by atoms with Crippen molar-refractivity contribution in [2.24, 2.45) is 0 Å². The Morgan fingerprint density at radius 1 is 1.18 bits per heavy atom. The second-order valence-corrected chi connectivity index (χ2v) is 13.6. The van der Waals surface area contributed by atoms with Crippen molar-refractivity contribution in [3.8, 4) is 0 Å². The van der Waals surface area contributed by atoms with E-state index >= 15 is 0 Å². The molecule has 0 saturated heterocycles. The summed E-state index contributed by atoms with van der Waals surface area (Å²) in [6, 6.07) is 0. The van der Waals surface area contributed by atoms with Crippen LogP contribution in [0.25, 0.3) is 0 Å². The molecule has 0 fully saturated rings. The van der Waals surface area contributed by atoms with Crippen LogP contribution in [-0.2, 0) is 26.2 Å². The van der Waals surface area contributed by atoms with Crippen molar-refractivity contribution in [1.82, 2.24) is 0 Å². The van der Waals surface area contributed by atoms with Gasteiger partial charge in [0, 0.05) is 0 Å². The molecular formula is C12H14BrCl2SiZr. The van der Waals surface area contributed by atoms with Gasteiger partial charge in [0.25, 0.3) is 0 Å². The van der Waals surface area contributed by atoms with E-state index in [2.05, 4.69) is 58.8 Å². The number of hydrogen-bond acceptors (Lipinski definition) is 0. The van der Waals surface area contributed by atoms with Gasteiger partial charge in [-0.25, -0.2) is 0 Å². The largest absolute Gasteiger partial charge is 3.00 e. The fourth-order valence-corrected chi connectivity index (χ4v) is 4.51. The van der Waals surface area contributed by atoms with Crippen molar-refractivity contribution in [2.45, 2.75) is 25.9 Å². The third kappa shape index (κ3) is 4.95. The molecule has 0 unspecified atom stereocenters. The van der Waals surface area contributed by atoms with Gasteiger partial charge in [-0.2, -0.15) is 17.7 Å². The van der Waals surface area contributed by atoms with Gasteiger partial charge in [0.2, 0.25) is 0 Å². The first kappa shape index (κ1) is 20.4. The monoisotopic (exact) mass is 425 g/mol. The molecule has 0 aromatic carbocycles. The van der Waals surface area contributed by atoms with Crippen LogP contribution >= 0.6 is 15.3 Å². The minimum Gasteiger partial charge on any atom is -1.00 e. The van der Waals surface area contributed by atoms with Gasteiger partial charge in [0.1, 0.15) is 6.69 Å². The molecule has 0 bridgehead atoms. The maximum atomic E-state index is 3.86. The van der Waals surface area contributed by atoms with Crippen molar-refractivity contribution >= 4 is 22.0 Å². The van der Waals surface area contributed by atoms with Gasteiger partial charge in [-0.3, -0.25) is 0 Å². The maximum absolute atomic E-state index is 3.86. The summed E-state index contributed by atoms with van der Waals surface area (Å²) in [5.41, 5.74) is 2.82. The summed E-state index contributed by atoms with van der Waals surface area (Å²) in [7, 11) is 0. The summed E-state index contributed by atoms with van der Waals surface area (Å²) < 4.78 is 0. The first-order chi connectivity index (χ1) is 6.59. The molecule has 0 aromatic rings. The molecule has 17 heavy (non-hydrogen) atoms. The quantitative estimate of drug-likeness (QED) is 0.273. The van der Waals surface area contributed by atoms with Crippen molar-refractivity contribution in [3.63, 3.8) is 0 Å². The Balaban J connectivity index is 0. The van der Waals surface area contributed by atoms with Gasteiger partial charge >= 0.3 is 26.2 Å². The Bertz CT molecular complexity index is 378. The maximum Gasteiger partial charge on any atom is 3.00 e. The average molecular weight is 428 g/mol. The molecular weight excluding hydrogens is 414 g/mol. The van der Waals surface area contributed by atoms with Crippen LogP contribution < -0.4 is 24.8 Å². The zero-order chi connectivity index (χ0) is 10.2. The molecule has 0 saturated carbocycles. The van der Waals surface area contributed by atoms with Crippen molar-refractivity contribution in [1.29, 1.82) is 0 Å². The van der Waals surface area contributed by atoms with Gasteiger partial charge < -0.3 is 24.8 Å². The van der Waals surface area contributed by atoms with Crippen LogP contribution in [0.4, 0.5) is 0 Å². The van der Waals surface area contributed by atoms with Gasteiger partial charge in [-0.05, 0) is 0 Å². The molecule has 0 aromatic heterocycles. The summed E-state index contributed by atoms with van der Waals surface area (Å²) in [6.45, 7) is 3.32. The van der Waals surface area contributed by atoms with E-state index in [1.54, 1.807) is 0 Å². The van der Waals surface area contributed by atoms with Crippen LogP contribution in [0.5, 0.6) is 0 Å². The summed E-state index contributed by atoms with van der Waals surface area (Å²) in [5, 5.41) is 1.53. The molecule has 2 rings (SSSR count). The van der Waals surface area contributed by atoms with Gasteiger partial charge in [0.05, 0.1) is 0 Å². The summed E-state index contributed by atoms with van der Waals surface area (Å²) >= 11 is 3.86. The number of halogens is 3. The molecule has 0 spiro atoms. The van der Waals surface area contributed by atoms with E-state index in [9.17, 15) is 0 Å². The van der Waals surface area contributed by atoms with Gasteiger partial charge in [0.15, 0.2) is 0 Å². The zero-order valence-electron chi connectivity index (χ0n) is 9.86. The fraction of sp³-hybridized carbons (Fsp3) is 0.333. The number of rotatable bonds is 2. The molecule has 0 nitrogen and oxygen atoms in total. The molecule has 0 N–H and O–H groups in total. The summed E-state index contributed by atoms with van der Waals surface area (Å²) in [6.07, 6.45) is 14.4. The third-order valence-electron chi connectivity index (χ3n) is 2.59. The third-order valence-corrected chi connectivity index (χ3v) is 5.62. The Kier molecular flexibility index (Phi) is 10.0. The molecule has 91 valence electrons. The van der Waals surface area contributed by atoms with E-state index in [-0.39, 0.29) is 51.0 Å². The van der Waals surface area contributed by atoms with E-state index in [0.717, 1.165) is 12.8 Å². The van der Waals surface area contributed by atoms with Crippen molar-refractivity contribution in [2.75, 3.05) is 0 Å². The molecule has 0 aliphatic heterocycles. The minimum absolute atomic E-state index is 0. The van der Waals surface area contributed by atoms with Crippen LogP contribution in [0.3, 0.4) is 0 Å². The van der Waals surface area contributed by atoms with E-state index in [4.69, 9.17) is 0 Å². The Morgan fingerprint density at radius 2 is 1.82 bits per heavy atom. The topological polar surface area (TPSA) is 0 Å². The van der Waals surface area contributed by atoms with Crippen molar-refractivity contribution < 1.29 is 51.0 Å². The molecule has 0 amide bonds. The molecule has 2 aliphatic carbocycles. The standard InChI is InChI=1S/C12H14BrSi.2ClH.Zr/c1-14(2,13)12-9-5-8-11(12)10-6-3-4-7-10;;;/h3,5-6,9H,4,8H2,1-2H3;2*1H;/q-1;;;+3/p-2. The Hall–Kier alpha value is 1.12. The van der Waals surface area contributed by atoms with E-state index in [1.165, 1.54) is 16.3 Å². The molecule has 2 aliphatic rings. The van der Waals surface area contributed by atoms with Crippen LogP contribution in [0.15, 0.2) is 40.6 Å². The van der Waals surface area contributed by atoms with Crippen LogP contribution in [0.2, 0.25) is 13.1 Å². The first-order valence-electron chi connectivity index (χ1n) is 4.96. The van der Waals surface area contributed by atoms with Gasteiger partial charge in [-0.1, -0.05) is 43.3 Å². The number of allylic oxidation sites excluding steroid dienone is 8.